The van der Waals surface area contributed by atoms with E-state index < -0.39 is 0 Å². The van der Waals surface area contributed by atoms with Crippen LogP contribution in [0.25, 0.3) is 0 Å². The molecular formula is C29H32FNO3. The van der Waals surface area contributed by atoms with Gasteiger partial charge in [0.05, 0.1) is 19.9 Å². The first-order chi connectivity index (χ1) is 16.5. The summed E-state index contributed by atoms with van der Waals surface area (Å²) in [5, 5.41) is 0. The maximum atomic E-state index is 16.1. The molecule has 178 valence electrons. The lowest BCUT2D eigenvalue weighted by Gasteiger charge is -2.31. The number of Topliss-reactive ketones (excluding diaryl/α,β-unsaturated/α-hetero) is 1. The molecule has 0 N–H and O–H groups in total. The zero-order valence-corrected chi connectivity index (χ0v) is 20.1. The Morgan fingerprint density at radius 3 is 1.97 bits per heavy atom. The van der Waals surface area contributed by atoms with E-state index in [1.165, 1.54) is 0 Å². The van der Waals surface area contributed by atoms with Crippen LogP contribution in [0.4, 0.5) is 10.1 Å². The molecule has 0 spiro atoms. The van der Waals surface area contributed by atoms with Crippen LogP contribution >= 0.6 is 0 Å². The smallest absolute Gasteiger partial charge is 0.149 e. The standard InChI is InChI=1S/C29H32FNO3/c1-20-7-12-23(32)17-27(20)26-5-4-6-28(29(26)30)31(18-21-8-13-24(33-2)14-9-21)19-22-10-15-25(34-3)16-11-22/h4-6,8-11,13-16,20,27H,7,12,17-19H2,1-3H3. The predicted molar refractivity (Wildman–Crippen MR) is 133 cm³/mol. The van der Waals surface area contributed by atoms with Crippen LogP contribution in [0.15, 0.2) is 66.7 Å². The molecule has 1 aliphatic rings. The molecule has 0 amide bonds. The number of ketones is 1. The summed E-state index contributed by atoms with van der Waals surface area (Å²) in [6, 6.07) is 21.3. The lowest BCUT2D eigenvalue weighted by atomic mass is 9.75. The molecule has 0 radical (unpaired) electrons. The van der Waals surface area contributed by atoms with Gasteiger partial charge >= 0.3 is 0 Å². The van der Waals surface area contributed by atoms with Gasteiger partial charge in [0.2, 0.25) is 0 Å². The summed E-state index contributed by atoms with van der Waals surface area (Å²) in [6.07, 6.45) is 1.83. The number of hydrogen-bond donors (Lipinski definition) is 0. The summed E-state index contributed by atoms with van der Waals surface area (Å²) in [4.78, 5) is 14.2. The maximum absolute atomic E-state index is 16.1. The third-order valence-corrected chi connectivity index (χ3v) is 6.83. The SMILES string of the molecule is COc1ccc(CN(Cc2ccc(OC)cc2)c2cccc(C3CC(=O)CCC3C)c2F)cc1. The second-order valence-corrected chi connectivity index (χ2v) is 9.10. The van der Waals surface area contributed by atoms with E-state index in [1.807, 2.05) is 66.7 Å². The third-order valence-electron chi connectivity index (χ3n) is 6.83. The van der Waals surface area contributed by atoms with Crippen molar-refractivity contribution in [3.63, 3.8) is 0 Å². The lowest BCUT2D eigenvalue weighted by Crippen LogP contribution is -2.26. The monoisotopic (exact) mass is 461 g/mol. The Kier molecular flexibility index (Phi) is 7.51. The van der Waals surface area contributed by atoms with Crippen LogP contribution in [0.5, 0.6) is 11.5 Å². The van der Waals surface area contributed by atoms with Crippen molar-refractivity contribution in [1.29, 1.82) is 0 Å². The molecule has 5 heteroatoms. The van der Waals surface area contributed by atoms with Gasteiger partial charge in [-0.05, 0) is 65.3 Å². The third kappa shape index (κ3) is 5.41. The molecule has 4 nitrogen and oxygen atoms in total. The minimum atomic E-state index is -0.226. The molecule has 3 aromatic carbocycles. The molecule has 0 bridgehead atoms. The van der Waals surface area contributed by atoms with E-state index in [1.54, 1.807) is 14.2 Å². The van der Waals surface area contributed by atoms with Crippen LogP contribution < -0.4 is 14.4 Å². The van der Waals surface area contributed by atoms with E-state index >= 15 is 4.39 Å². The fourth-order valence-electron chi connectivity index (χ4n) is 4.75. The Morgan fingerprint density at radius 2 is 1.44 bits per heavy atom. The number of nitrogens with zero attached hydrogens (tertiary/aromatic N) is 1. The molecule has 34 heavy (non-hydrogen) atoms. The van der Waals surface area contributed by atoms with Crippen LogP contribution in [0.3, 0.4) is 0 Å². The quantitative estimate of drug-likeness (QED) is 0.383. The fraction of sp³-hybridized carbons (Fsp3) is 0.345. The van der Waals surface area contributed by atoms with Crippen molar-refractivity contribution in [2.45, 2.75) is 45.2 Å². The van der Waals surface area contributed by atoms with Crippen molar-refractivity contribution in [3.05, 3.63) is 89.2 Å². The number of methoxy groups -OCH3 is 2. The first kappa shape index (κ1) is 23.8. The second kappa shape index (κ2) is 10.7. The van der Waals surface area contributed by atoms with Gasteiger partial charge in [0.15, 0.2) is 0 Å². The van der Waals surface area contributed by atoms with Gasteiger partial charge in [0, 0.05) is 25.9 Å². The summed E-state index contributed by atoms with van der Waals surface area (Å²) in [6.45, 7) is 3.20. The van der Waals surface area contributed by atoms with Gasteiger partial charge in [-0.15, -0.1) is 0 Å². The summed E-state index contributed by atoms with van der Waals surface area (Å²) in [5.41, 5.74) is 3.31. The van der Waals surface area contributed by atoms with Gasteiger partial charge in [-0.25, -0.2) is 4.39 Å². The van der Waals surface area contributed by atoms with Gasteiger partial charge in [-0.3, -0.25) is 4.79 Å². The number of hydrogen-bond acceptors (Lipinski definition) is 4. The van der Waals surface area contributed by atoms with Gasteiger partial charge in [-0.2, -0.15) is 0 Å². The average molecular weight is 462 g/mol. The van der Waals surface area contributed by atoms with Crippen molar-refractivity contribution in [1.82, 2.24) is 0 Å². The maximum Gasteiger partial charge on any atom is 0.149 e. The minimum absolute atomic E-state index is 0.0787. The fourth-order valence-corrected chi connectivity index (χ4v) is 4.75. The van der Waals surface area contributed by atoms with Crippen molar-refractivity contribution < 1.29 is 18.7 Å². The topological polar surface area (TPSA) is 38.8 Å². The van der Waals surface area contributed by atoms with E-state index in [4.69, 9.17) is 9.47 Å². The highest BCUT2D eigenvalue weighted by Crippen LogP contribution is 2.39. The second-order valence-electron chi connectivity index (χ2n) is 9.10. The van der Waals surface area contributed by atoms with Crippen molar-refractivity contribution in [3.8, 4) is 11.5 Å². The van der Waals surface area contributed by atoms with Crippen LogP contribution in [-0.2, 0) is 17.9 Å². The summed E-state index contributed by atoms with van der Waals surface area (Å²) in [7, 11) is 3.28. The lowest BCUT2D eigenvalue weighted by molar-refractivity contribution is -0.121. The van der Waals surface area contributed by atoms with Crippen molar-refractivity contribution in [2.75, 3.05) is 19.1 Å². The predicted octanol–water partition coefficient (Wildman–Crippen LogP) is 6.52. The number of benzene rings is 3. The highest BCUT2D eigenvalue weighted by atomic mass is 19.1. The molecule has 4 rings (SSSR count). The Bertz CT molecular complexity index is 1060. The van der Waals surface area contributed by atoms with Crippen molar-refractivity contribution in [2.24, 2.45) is 5.92 Å². The molecule has 0 saturated heterocycles. The molecule has 1 aliphatic carbocycles. The molecule has 3 aromatic rings. The van der Waals surface area contributed by atoms with Gasteiger partial charge < -0.3 is 14.4 Å². The first-order valence-corrected chi connectivity index (χ1v) is 11.8. The van der Waals surface area contributed by atoms with E-state index in [-0.39, 0.29) is 23.4 Å². The Labute approximate surface area is 201 Å². The summed E-state index contributed by atoms with van der Waals surface area (Å²) < 4.78 is 26.6. The highest BCUT2D eigenvalue weighted by molar-refractivity contribution is 5.80. The van der Waals surface area contributed by atoms with Crippen LogP contribution in [0, 0.1) is 11.7 Å². The molecule has 0 heterocycles. The number of rotatable bonds is 8. The highest BCUT2D eigenvalue weighted by Gasteiger charge is 2.30. The van der Waals surface area contributed by atoms with Gasteiger partial charge in [0.1, 0.15) is 23.1 Å². The van der Waals surface area contributed by atoms with Gasteiger partial charge in [0.25, 0.3) is 0 Å². The molecular weight excluding hydrogens is 429 g/mol. The van der Waals surface area contributed by atoms with Gasteiger partial charge in [-0.1, -0.05) is 43.3 Å². The van der Waals surface area contributed by atoms with E-state index in [2.05, 4.69) is 11.8 Å². The van der Waals surface area contributed by atoms with E-state index in [0.717, 1.165) is 29.0 Å². The van der Waals surface area contributed by atoms with E-state index in [0.29, 0.717) is 37.2 Å². The Morgan fingerprint density at radius 1 is 0.882 bits per heavy atom. The number of carbonyl (C=O) groups excluding carboxylic acids is 1. The first-order valence-electron chi connectivity index (χ1n) is 11.8. The Hall–Kier alpha value is -3.34. The van der Waals surface area contributed by atoms with Crippen molar-refractivity contribution >= 4 is 11.5 Å². The molecule has 1 saturated carbocycles. The normalized spacial score (nSPS) is 17.9. The summed E-state index contributed by atoms with van der Waals surface area (Å²) >= 11 is 0. The van der Waals surface area contributed by atoms with Crippen LogP contribution in [-0.4, -0.2) is 20.0 Å². The number of carbonyl (C=O) groups is 1. The summed E-state index contributed by atoms with van der Waals surface area (Å²) in [5.74, 6) is 1.77. The van der Waals surface area contributed by atoms with Crippen LogP contribution in [0.2, 0.25) is 0 Å². The van der Waals surface area contributed by atoms with E-state index in [9.17, 15) is 4.79 Å². The number of ether oxygens (including phenoxy) is 2. The molecule has 0 aromatic heterocycles. The minimum Gasteiger partial charge on any atom is -0.497 e. The molecule has 2 atom stereocenters. The molecule has 0 aliphatic heterocycles. The zero-order valence-electron chi connectivity index (χ0n) is 20.1. The number of halogens is 1. The number of anilines is 1. The zero-order chi connectivity index (χ0) is 24.1. The largest absolute Gasteiger partial charge is 0.497 e. The Balaban J connectivity index is 1.68. The average Bonchev–Trinajstić information content (AvgIpc) is 2.86. The molecule has 1 fully saturated rings. The molecule has 2 unspecified atom stereocenters. The van der Waals surface area contributed by atoms with Crippen LogP contribution in [0.1, 0.15) is 48.8 Å².